The Hall–Kier alpha value is -2.58. The summed E-state index contributed by atoms with van der Waals surface area (Å²) in [6.07, 6.45) is 4.15. The van der Waals surface area contributed by atoms with Crippen molar-refractivity contribution < 1.29 is 17.3 Å². The Morgan fingerprint density at radius 3 is 2.50 bits per heavy atom. The fourth-order valence-electron chi connectivity index (χ4n) is 3.99. The summed E-state index contributed by atoms with van der Waals surface area (Å²) < 4.78 is 45.9. The number of aryl methyl sites for hydroxylation is 2. The zero-order valence-electron chi connectivity index (χ0n) is 17.0. The smallest absolute Gasteiger partial charge is 0.248 e. The minimum Gasteiger partial charge on any atom is -0.360 e. The molecule has 4 rings (SSSR count). The zero-order chi connectivity index (χ0) is 21.3. The van der Waals surface area contributed by atoms with Crippen molar-refractivity contribution in [2.45, 2.75) is 43.9 Å². The van der Waals surface area contributed by atoms with Gasteiger partial charge in [-0.15, -0.1) is 0 Å². The Labute approximate surface area is 175 Å². The lowest BCUT2D eigenvalue weighted by Crippen LogP contribution is -2.39. The Kier molecular flexibility index (Phi) is 5.71. The minimum atomic E-state index is -3.65. The predicted molar refractivity (Wildman–Crippen MR) is 110 cm³/mol. The molecular formula is C22H24FN3O3S. The largest absolute Gasteiger partial charge is 0.360 e. The highest BCUT2D eigenvalue weighted by atomic mass is 32.2. The molecule has 158 valence electrons. The van der Waals surface area contributed by atoms with Crippen LogP contribution in [0.25, 0.3) is 0 Å². The van der Waals surface area contributed by atoms with Gasteiger partial charge < -0.3 is 4.52 Å². The summed E-state index contributed by atoms with van der Waals surface area (Å²) in [5, 5.41) is 3.79. The van der Waals surface area contributed by atoms with Crippen molar-refractivity contribution in [3.05, 3.63) is 76.7 Å². The third-order valence-corrected chi connectivity index (χ3v) is 7.65. The van der Waals surface area contributed by atoms with Gasteiger partial charge in [-0.2, -0.15) is 4.31 Å². The van der Waals surface area contributed by atoms with Crippen molar-refractivity contribution in [1.82, 2.24) is 14.4 Å². The Balaban J connectivity index is 1.49. The van der Waals surface area contributed by atoms with Gasteiger partial charge in [0.2, 0.25) is 10.0 Å². The van der Waals surface area contributed by atoms with Crippen LogP contribution in [0.5, 0.6) is 0 Å². The number of sulfonamides is 1. The Morgan fingerprint density at radius 2 is 1.87 bits per heavy atom. The van der Waals surface area contributed by atoms with Gasteiger partial charge in [-0.05, 0) is 62.4 Å². The average molecular weight is 430 g/mol. The molecule has 0 N–H and O–H groups in total. The molecule has 1 aromatic carbocycles. The number of hydrogen-bond donors (Lipinski definition) is 0. The SMILES string of the molecule is Cc1noc(C)c1S(=O)(=O)N1CCCC(c2ccc(Cc3ccc(F)cc3)cn2)C1. The van der Waals surface area contributed by atoms with Crippen LogP contribution in [0.4, 0.5) is 4.39 Å². The molecular weight excluding hydrogens is 405 g/mol. The molecule has 1 unspecified atom stereocenters. The van der Waals surface area contributed by atoms with Gasteiger partial charge in [0.05, 0.1) is 0 Å². The molecule has 0 spiro atoms. The van der Waals surface area contributed by atoms with Crippen LogP contribution in [0.3, 0.4) is 0 Å². The molecule has 30 heavy (non-hydrogen) atoms. The maximum atomic E-state index is 13.1. The maximum Gasteiger partial charge on any atom is 0.248 e. The first-order valence-electron chi connectivity index (χ1n) is 9.97. The molecule has 3 aromatic rings. The van der Waals surface area contributed by atoms with E-state index in [2.05, 4.69) is 10.1 Å². The Bertz CT molecular complexity index is 1110. The second-order valence-corrected chi connectivity index (χ2v) is 9.62. The first-order valence-corrected chi connectivity index (χ1v) is 11.4. The standard InChI is InChI=1S/C22H24FN3O3S/c1-15-22(16(2)29-25-15)30(27,28)26-11-3-4-19(14-26)21-10-7-18(13-24-21)12-17-5-8-20(23)9-6-17/h5-10,13,19H,3-4,11-12,14H2,1-2H3. The summed E-state index contributed by atoms with van der Waals surface area (Å²) in [5.41, 5.74) is 3.32. The van der Waals surface area contributed by atoms with Crippen molar-refractivity contribution >= 4 is 10.0 Å². The fraction of sp³-hybridized carbons (Fsp3) is 0.364. The lowest BCUT2D eigenvalue weighted by molar-refractivity contribution is 0.312. The second-order valence-electron chi connectivity index (χ2n) is 7.75. The summed E-state index contributed by atoms with van der Waals surface area (Å²) >= 11 is 0. The number of benzene rings is 1. The van der Waals surface area contributed by atoms with E-state index < -0.39 is 10.0 Å². The third-order valence-electron chi connectivity index (χ3n) is 5.54. The van der Waals surface area contributed by atoms with Crippen LogP contribution in [0, 0.1) is 19.7 Å². The molecule has 1 aliphatic rings. The van der Waals surface area contributed by atoms with E-state index in [4.69, 9.17) is 4.52 Å². The molecule has 0 radical (unpaired) electrons. The topological polar surface area (TPSA) is 76.3 Å². The van der Waals surface area contributed by atoms with Crippen LogP contribution >= 0.6 is 0 Å². The number of pyridine rings is 1. The highest BCUT2D eigenvalue weighted by Gasteiger charge is 2.35. The first kappa shape index (κ1) is 20.7. The highest BCUT2D eigenvalue weighted by molar-refractivity contribution is 7.89. The zero-order valence-corrected chi connectivity index (χ0v) is 17.8. The molecule has 8 heteroatoms. The summed E-state index contributed by atoms with van der Waals surface area (Å²) in [4.78, 5) is 4.78. The summed E-state index contributed by atoms with van der Waals surface area (Å²) in [6, 6.07) is 10.4. The van der Waals surface area contributed by atoms with Crippen LogP contribution in [-0.4, -0.2) is 36.0 Å². The molecule has 0 saturated carbocycles. The summed E-state index contributed by atoms with van der Waals surface area (Å²) in [5.74, 6) is 0.104. The molecule has 1 aliphatic heterocycles. The van der Waals surface area contributed by atoms with Gasteiger partial charge in [0.15, 0.2) is 5.76 Å². The van der Waals surface area contributed by atoms with Crippen LogP contribution in [0.1, 0.15) is 47.0 Å². The van der Waals surface area contributed by atoms with Gasteiger partial charge in [-0.25, -0.2) is 12.8 Å². The van der Waals surface area contributed by atoms with Crippen LogP contribution in [0.15, 0.2) is 52.0 Å². The summed E-state index contributed by atoms with van der Waals surface area (Å²) in [6.45, 7) is 4.13. The highest BCUT2D eigenvalue weighted by Crippen LogP contribution is 2.31. The maximum absolute atomic E-state index is 13.1. The van der Waals surface area contributed by atoms with Gasteiger partial charge in [0.1, 0.15) is 16.4 Å². The van der Waals surface area contributed by atoms with Gasteiger partial charge in [0, 0.05) is 30.9 Å². The molecule has 0 amide bonds. The summed E-state index contributed by atoms with van der Waals surface area (Å²) in [7, 11) is -3.65. The lowest BCUT2D eigenvalue weighted by Gasteiger charge is -2.31. The van der Waals surface area contributed by atoms with Gasteiger partial charge in [-0.1, -0.05) is 23.4 Å². The minimum absolute atomic E-state index is 0.0360. The van der Waals surface area contributed by atoms with Crippen molar-refractivity contribution in [3.63, 3.8) is 0 Å². The van der Waals surface area contributed by atoms with E-state index in [0.717, 1.165) is 29.7 Å². The molecule has 1 atom stereocenters. The molecule has 1 fully saturated rings. The Morgan fingerprint density at radius 1 is 1.13 bits per heavy atom. The van der Waals surface area contributed by atoms with E-state index in [1.807, 2.05) is 18.3 Å². The van der Waals surface area contributed by atoms with E-state index >= 15 is 0 Å². The quantitative estimate of drug-likeness (QED) is 0.613. The number of halogens is 1. The van der Waals surface area contributed by atoms with Gasteiger partial charge in [-0.3, -0.25) is 4.98 Å². The van der Waals surface area contributed by atoms with Crippen molar-refractivity contribution in [2.24, 2.45) is 0 Å². The fourth-order valence-corrected chi connectivity index (χ4v) is 5.81. The predicted octanol–water partition coefficient (Wildman–Crippen LogP) is 3.98. The normalized spacial score (nSPS) is 17.9. The van der Waals surface area contributed by atoms with E-state index in [1.165, 1.54) is 16.4 Å². The van der Waals surface area contributed by atoms with Crippen LogP contribution < -0.4 is 0 Å². The van der Waals surface area contributed by atoms with E-state index in [-0.39, 0.29) is 16.6 Å². The van der Waals surface area contributed by atoms with E-state index in [1.54, 1.807) is 26.0 Å². The number of rotatable bonds is 5. The van der Waals surface area contributed by atoms with Crippen molar-refractivity contribution in [1.29, 1.82) is 0 Å². The van der Waals surface area contributed by atoms with Gasteiger partial charge in [0.25, 0.3) is 0 Å². The number of hydrogen-bond acceptors (Lipinski definition) is 5. The van der Waals surface area contributed by atoms with Crippen molar-refractivity contribution in [3.8, 4) is 0 Å². The third kappa shape index (κ3) is 4.15. The monoisotopic (exact) mass is 429 g/mol. The van der Waals surface area contributed by atoms with Crippen LogP contribution in [0.2, 0.25) is 0 Å². The second kappa shape index (κ2) is 8.28. The molecule has 6 nitrogen and oxygen atoms in total. The number of piperidine rings is 1. The molecule has 0 aliphatic carbocycles. The van der Waals surface area contributed by atoms with E-state index in [0.29, 0.717) is 31.0 Å². The molecule has 2 aromatic heterocycles. The molecule has 1 saturated heterocycles. The van der Waals surface area contributed by atoms with Crippen LogP contribution in [-0.2, 0) is 16.4 Å². The van der Waals surface area contributed by atoms with Gasteiger partial charge >= 0.3 is 0 Å². The molecule has 0 bridgehead atoms. The first-order chi connectivity index (χ1) is 14.3. The average Bonchev–Trinajstić information content (AvgIpc) is 3.09. The van der Waals surface area contributed by atoms with Crippen molar-refractivity contribution in [2.75, 3.05) is 13.1 Å². The molecule has 3 heterocycles. The number of aromatic nitrogens is 2. The van der Waals surface area contributed by atoms with E-state index in [9.17, 15) is 12.8 Å². The number of nitrogens with zero attached hydrogens (tertiary/aromatic N) is 3. The lowest BCUT2D eigenvalue weighted by atomic mass is 9.95.